The van der Waals surface area contributed by atoms with Gasteiger partial charge in [0.25, 0.3) is 5.91 Å². The zero-order valence-electron chi connectivity index (χ0n) is 13.1. The van der Waals surface area contributed by atoms with E-state index in [2.05, 4.69) is 15.5 Å². The van der Waals surface area contributed by atoms with Crippen molar-refractivity contribution in [3.8, 4) is 5.75 Å². The molecule has 0 aliphatic carbocycles. The number of fused-ring (bicyclic) bond motifs is 1. The lowest BCUT2D eigenvalue weighted by molar-refractivity contribution is 0.0954. The number of carbonyl (C=O) groups is 1. The fourth-order valence-electron chi connectivity index (χ4n) is 2.47. The van der Waals surface area contributed by atoms with Gasteiger partial charge in [0.15, 0.2) is 5.65 Å². The van der Waals surface area contributed by atoms with Crippen LogP contribution in [-0.4, -0.2) is 34.2 Å². The Kier molecular flexibility index (Phi) is 4.23. The van der Waals surface area contributed by atoms with Gasteiger partial charge in [0.2, 0.25) is 0 Å². The Bertz CT molecular complexity index is 841. The molecule has 2 aromatic heterocycles. The van der Waals surface area contributed by atoms with Gasteiger partial charge in [0.05, 0.1) is 7.11 Å². The SMILES string of the molecule is COc1ccccc1CCNC(=O)c1ccn2c(C)nnc2c1. The zero-order valence-corrected chi connectivity index (χ0v) is 13.1. The van der Waals surface area contributed by atoms with E-state index in [-0.39, 0.29) is 5.91 Å². The molecule has 23 heavy (non-hydrogen) atoms. The largest absolute Gasteiger partial charge is 0.496 e. The smallest absolute Gasteiger partial charge is 0.251 e. The second-order valence-corrected chi connectivity index (χ2v) is 5.21. The molecule has 0 aliphatic rings. The van der Waals surface area contributed by atoms with Gasteiger partial charge in [0, 0.05) is 18.3 Å². The van der Waals surface area contributed by atoms with E-state index in [1.54, 1.807) is 25.4 Å². The van der Waals surface area contributed by atoms with Crippen LogP contribution < -0.4 is 10.1 Å². The first-order valence-corrected chi connectivity index (χ1v) is 7.40. The van der Waals surface area contributed by atoms with Crippen molar-refractivity contribution >= 4 is 11.6 Å². The molecule has 0 aliphatic heterocycles. The number of ether oxygens (including phenoxy) is 1. The Morgan fingerprint density at radius 2 is 2.09 bits per heavy atom. The number of amides is 1. The first-order valence-electron chi connectivity index (χ1n) is 7.40. The molecule has 1 N–H and O–H groups in total. The highest BCUT2D eigenvalue weighted by atomic mass is 16.5. The van der Waals surface area contributed by atoms with Crippen molar-refractivity contribution in [2.24, 2.45) is 0 Å². The number of hydrogen-bond donors (Lipinski definition) is 1. The molecule has 0 atom stereocenters. The first kappa shape index (κ1) is 15.0. The standard InChI is InChI=1S/C17H18N4O2/c1-12-19-20-16-11-14(8-10-21(12)16)17(22)18-9-7-13-5-3-4-6-15(13)23-2/h3-6,8,10-11H,7,9H2,1-2H3,(H,18,22). The highest BCUT2D eigenvalue weighted by molar-refractivity contribution is 5.95. The van der Waals surface area contributed by atoms with Crippen molar-refractivity contribution in [1.82, 2.24) is 19.9 Å². The van der Waals surface area contributed by atoms with Crippen LogP contribution in [0.25, 0.3) is 5.65 Å². The molecule has 3 rings (SSSR count). The van der Waals surface area contributed by atoms with E-state index < -0.39 is 0 Å². The van der Waals surface area contributed by atoms with Crippen molar-refractivity contribution in [3.63, 3.8) is 0 Å². The number of carbonyl (C=O) groups excluding carboxylic acids is 1. The third-order valence-electron chi connectivity index (χ3n) is 3.72. The molecule has 2 heterocycles. The first-order chi connectivity index (χ1) is 11.2. The van der Waals surface area contributed by atoms with Gasteiger partial charge < -0.3 is 10.1 Å². The van der Waals surface area contributed by atoms with Crippen molar-refractivity contribution in [1.29, 1.82) is 0 Å². The topological polar surface area (TPSA) is 68.5 Å². The highest BCUT2D eigenvalue weighted by Crippen LogP contribution is 2.17. The molecule has 0 saturated heterocycles. The fraction of sp³-hybridized carbons (Fsp3) is 0.235. The predicted octanol–water partition coefficient (Wildman–Crippen LogP) is 2.02. The average molecular weight is 310 g/mol. The minimum Gasteiger partial charge on any atom is -0.496 e. The molecule has 0 bridgehead atoms. The summed E-state index contributed by atoms with van der Waals surface area (Å²) in [5, 5.41) is 10.9. The van der Waals surface area contributed by atoms with Gasteiger partial charge in [-0.25, -0.2) is 0 Å². The molecule has 6 heteroatoms. The lowest BCUT2D eigenvalue weighted by atomic mass is 10.1. The van der Waals surface area contributed by atoms with E-state index in [1.165, 1.54) is 0 Å². The van der Waals surface area contributed by atoms with Crippen molar-refractivity contribution < 1.29 is 9.53 Å². The maximum Gasteiger partial charge on any atom is 0.251 e. The second kappa shape index (κ2) is 6.48. The van der Waals surface area contributed by atoms with Crippen LogP contribution in [0.5, 0.6) is 5.75 Å². The summed E-state index contributed by atoms with van der Waals surface area (Å²) >= 11 is 0. The van der Waals surface area contributed by atoms with Gasteiger partial charge >= 0.3 is 0 Å². The molecule has 3 aromatic rings. The van der Waals surface area contributed by atoms with E-state index in [1.807, 2.05) is 35.6 Å². The average Bonchev–Trinajstić information content (AvgIpc) is 2.96. The second-order valence-electron chi connectivity index (χ2n) is 5.21. The fourth-order valence-corrected chi connectivity index (χ4v) is 2.47. The lowest BCUT2D eigenvalue weighted by Gasteiger charge is -2.09. The number of aromatic nitrogens is 3. The summed E-state index contributed by atoms with van der Waals surface area (Å²) in [6.45, 7) is 2.41. The summed E-state index contributed by atoms with van der Waals surface area (Å²) in [6.07, 6.45) is 2.52. The Morgan fingerprint density at radius 1 is 1.26 bits per heavy atom. The van der Waals surface area contributed by atoms with Gasteiger partial charge in [-0.2, -0.15) is 0 Å². The van der Waals surface area contributed by atoms with E-state index >= 15 is 0 Å². The number of para-hydroxylation sites is 1. The highest BCUT2D eigenvalue weighted by Gasteiger charge is 2.09. The molecule has 0 fully saturated rings. The zero-order chi connectivity index (χ0) is 16.2. The van der Waals surface area contributed by atoms with Gasteiger partial charge in [0.1, 0.15) is 11.6 Å². The number of nitrogens with one attached hydrogen (secondary N) is 1. The van der Waals surface area contributed by atoms with Crippen LogP contribution >= 0.6 is 0 Å². The summed E-state index contributed by atoms with van der Waals surface area (Å²) < 4.78 is 7.15. The number of aryl methyl sites for hydroxylation is 1. The van der Waals surface area contributed by atoms with Crippen LogP contribution in [0.2, 0.25) is 0 Å². The molecule has 0 radical (unpaired) electrons. The molecule has 118 valence electrons. The summed E-state index contributed by atoms with van der Waals surface area (Å²) in [6, 6.07) is 11.3. The number of methoxy groups -OCH3 is 1. The van der Waals surface area contributed by atoms with Gasteiger partial charge in [-0.15, -0.1) is 10.2 Å². The summed E-state index contributed by atoms with van der Waals surface area (Å²) in [5.41, 5.74) is 2.31. The third kappa shape index (κ3) is 3.15. The maximum absolute atomic E-state index is 12.2. The van der Waals surface area contributed by atoms with Gasteiger partial charge in [-0.3, -0.25) is 9.20 Å². The van der Waals surface area contributed by atoms with Crippen molar-refractivity contribution in [2.45, 2.75) is 13.3 Å². The maximum atomic E-state index is 12.2. The molecular formula is C17H18N4O2. The molecule has 0 unspecified atom stereocenters. The molecule has 1 amide bonds. The lowest BCUT2D eigenvalue weighted by Crippen LogP contribution is -2.25. The summed E-state index contributed by atoms with van der Waals surface area (Å²) in [4.78, 5) is 12.2. The van der Waals surface area contributed by atoms with Crippen LogP contribution in [0.1, 0.15) is 21.7 Å². The number of hydrogen-bond acceptors (Lipinski definition) is 4. The third-order valence-corrected chi connectivity index (χ3v) is 3.72. The number of rotatable bonds is 5. The van der Waals surface area contributed by atoms with Crippen LogP contribution in [0.3, 0.4) is 0 Å². The quantitative estimate of drug-likeness (QED) is 0.783. The molecule has 0 spiro atoms. The summed E-state index contributed by atoms with van der Waals surface area (Å²) in [5.74, 6) is 1.51. The van der Waals surface area contributed by atoms with E-state index in [9.17, 15) is 4.79 Å². The molecule has 1 aromatic carbocycles. The van der Waals surface area contributed by atoms with Crippen molar-refractivity contribution in [3.05, 3.63) is 59.5 Å². The number of pyridine rings is 1. The minimum atomic E-state index is -0.122. The van der Waals surface area contributed by atoms with E-state index in [0.29, 0.717) is 24.2 Å². The Balaban J connectivity index is 1.64. The van der Waals surface area contributed by atoms with Gasteiger partial charge in [-0.05, 0) is 37.1 Å². The Morgan fingerprint density at radius 3 is 2.91 bits per heavy atom. The van der Waals surface area contributed by atoms with E-state index in [4.69, 9.17) is 4.74 Å². The Hall–Kier alpha value is -2.89. The van der Waals surface area contributed by atoms with E-state index in [0.717, 1.165) is 17.1 Å². The van der Waals surface area contributed by atoms with Gasteiger partial charge in [-0.1, -0.05) is 18.2 Å². The normalized spacial score (nSPS) is 10.7. The minimum absolute atomic E-state index is 0.122. The Labute approximate surface area is 134 Å². The van der Waals surface area contributed by atoms with Crippen LogP contribution in [0, 0.1) is 6.92 Å². The van der Waals surface area contributed by atoms with Crippen LogP contribution in [-0.2, 0) is 6.42 Å². The monoisotopic (exact) mass is 310 g/mol. The number of benzene rings is 1. The summed E-state index contributed by atoms with van der Waals surface area (Å²) in [7, 11) is 1.65. The van der Waals surface area contributed by atoms with Crippen LogP contribution in [0.4, 0.5) is 0 Å². The predicted molar refractivity (Wildman–Crippen MR) is 86.8 cm³/mol. The number of nitrogens with zero attached hydrogens (tertiary/aromatic N) is 3. The van der Waals surface area contributed by atoms with Crippen LogP contribution in [0.15, 0.2) is 42.6 Å². The molecule has 6 nitrogen and oxygen atoms in total. The van der Waals surface area contributed by atoms with Crippen molar-refractivity contribution in [2.75, 3.05) is 13.7 Å². The molecular weight excluding hydrogens is 292 g/mol. The molecule has 0 saturated carbocycles.